The fraction of sp³-hybridized carbons (Fsp3) is 0.333. The highest BCUT2D eigenvalue weighted by molar-refractivity contribution is 7.48. The van der Waals surface area contributed by atoms with Crippen molar-refractivity contribution in [2.45, 2.75) is 33.8 Å². The summed E-state index contributed by atoms with van der Waals surface area (Å²) in [4.78, 5) is 23.8. The minimum Gasteiger partial charge on any atom is -0.426 e. The van der Waals surface area contributed by atoms with Crippen molar-refractivity contribution in [3.63, 3.8) is 0 Å². The SMILES string of the molecule is CCOP(=O)(OCC)OCc1ccc(CC(=O)c2ccccc2OC(C)=O)cc1. The fourth-order valence-electron chi connectivity index (χ4n) is 2.56. The normalized spacial score (nSPS) is 11.3. The van der Waals surface area contributed by atoms with E-state index in [0.29, 0.717) is 5.56 Å². The summed E-state index contributed by atoms with van der Waals surface area (Å²) in [6.07, 6.45) is 0.149. The first-order valence-corrected chi connectivity index (χ1v) is 10.7. The van der Waals surface area contributed by atoms with Gasteiger partial charge in [-0.25, -0.2) is 4.57 Å². The molecule has 0 bridgehead atoms. The first kappa shape index (κ1) is 23.0. The number of carbonyl (C=O) groups excluding carboxylic acids is 2. The highest BCUT2D eigenvalue weighted by Gasteiger charge is 2.25. The van der Waals surface area contributed by atoms with E-state index in [2.05, 4.69) is 0 Å². The van der Waals surface area contributed by atoms with Gasteiger partial charge in [-0.15, -0.1) is 0 Å². The monoisotopic (exact) mass is 420 g/mol. The van der Waals surface area contributed by atoms with Crippen LogP contribution >= 0.6 is 7.82 Å². The van der Waals surface area contributed by atoms with Crippen molar-refractivity contribution < 1.29 is 32.5 Å². The third kappa shape index (κ3) is 7.22. The number of hydrogen-bond donors (Lipinski definition) is 0. The van der Waals surface area contributed by atoms with Crippen molar-refractivity contribution in [2.24, 2.45) is 0 Å². The largest absolute Gasteiger partial charge is 0.475 e. The van der Waals surface area contributed by atoms with Gasteiger partial charge in [0.15, 0.2) is 5.78 Å². The molecule has 0 N–H and O–H groups in total. The number of phosphoric acid groups is 1. The number of Topliss-reactive ketones (excluding diaryl/α,β-unsaturated/α-hetero) is 1. The van der Waals surface area contributed by atoms with Gasteiger partial charge < -0.3 is 4.74 Å². The van der Waals surface area contributed by atoms with Gasteiger partial charge in [-0.3, -0.25) is 23.2 Å². The summed E-state index contributed by atoms with van der Waals surface area (Å²) in [6, 6.07) is 13.8. The average Bonchev–Trinajstić information content (AvgIpc) is 2.68. The van der Waals surface area contributed by atoms with E-state index in [-0.39, 0.29) is 37.8 Å². The van der Waals surface area contributed by atoms with Gasteiger partial charge in [0, 0.05) is 13.3 Å². The van der Waals surface area contributed by atoms with E-state index in [0.717, 1.165) is 11.1 Å². The topological polar surface area (TPSA) is 88.1 Å². The summed E-state index contributed by atoms with van der Waals surface area (Å²) in [7, 11) is -3.57. The van der Waals surface area contributed by atoms with Gasteiger partial charge in [0.1, 0.15) is 5.75 Å². The first-order chi connectivity index (χ1) is 13.9. The van der Waals surface area contributed by atoms with Crippen LogP contribution in [0.4, 0.5) is 0 Å². The van der Waals surface area contributed by atoms with Crippen molar-refractivity contribution in [1.29, 1.82) is 0 Å². The third-order valence-corrected chi connectivity index (χ3v) is 5.39. The Labute approximate surface area is 170 Å². The molecule has 0 saturated heterocycles. The van der Waals surface area contributed by atoms with Gasteiger partial charge in [-0.05, 0) is 37.1 Å². The van der Waals surface area contributed by atoms with Gasteiger partial charge in [-0.2, -0.15) is 0 Å². The molecule has 0 saturated carbocycles. The van der Waals surface area contributed by atoms with Crippen LogP contribution < -0.4 is 4.74 Å². The lowest BCUT2D eigenvalue weighted by atomic mass is 10.0. The smallest absolute Gasteiger partial charge is 0.426 e. The lowest BCUT2D eigenvalue weighted by Gasteiger charge is -2.16. The Morgan fingerprint density at radius 2 is 1.45 bits per heavy atom. The summed E-state index contributed by atoms with van der Waals surface area (Å²) >= 11 is 0. The van der Waals surface area contributed by atoms with Crippen molar-refractivity contribution in [3.8, 4) is 5.75 Å². The van der Waals surface area contributed by atoms with E-state index in [1.165, 1.54) is 6.92 Å². The standard InChI is InChI=1S/C21H25O7P/c1-4-25-29(24,26-5-2)27-15-18-12-10-17(11-13-18)14-20(23)19-8-6-7-9-21(19)28-16(3)22/h6-13H,4-5,14-15H2,1-3H3. The van der Waals surface area contributed by atoms with Gasteiger partial charge in [0.05, 0.1) is 25.4 Å². The van der Waals surface area contributed by atoms with Crippen LogP contribution in [0.3, 0.4) is 0 Å². The maximum atomic E-state index is 12.6. The molecular weight excluding hydrogens is 395 g/mol. The van der Waals surface area contributed by atoms with Gasteiger partial charge >= 0.3 is 13.8 Å². The van der Waals surface area contributed by atoms with E-state index in [9.17, 15) is 14.2 Å². The van der Waals surface area contributed by atoms with Crippen LogP contribution in [0.1, 0.15) is 42.3 Å². The van der Waals surface area contributed by atoms with Crippen LogP contribution in [0.2, 0.25) is 0 Å². The van der Waals surface area contributed by atoms with Crippen LogP contribution in [0.15, 0.2) is 48.5 Å². The molecule has 0 aliphatic rings. The van der Waals surface area contributed by atoms with Crippen LogP contribution in [0, 0.1) is 0 Å². The van der Waals surface area contributed by atoms with Gasteiger partial charge in [0.2, 0.25) is 0 Å². The zero-order valence-electron chi connectivity index (χ0n) is 16.8. The van der Waals surface area contributed by atoms with Crippen molar-refractivity contribution >= 4 is 19.6 Å². The molecule has 0 fully saturated rings. The summed E-state index contributed by atoms with van der Waals surface area (Å²) in [5, 5.41) is 0. The second-order valence-electron chi connectivity index (χ2n) is 6.06. The highest BCUT2D eigenvalue weighted by atomic mass is 31.2. The van der Waals surface area contributed by atoms with Crippen molar-refractivity contribution in [1.82, 2.24) is 0 Å². The van der Waals surface area contributed by atoms with Crippen LogP contribution in [-0.4, -0.2) is 25.0 Å². The minimum atomic E-state index is -3.57. The highest BCUT2D eigenvalue weighted by Crippen LogP contribution is 2.49. The quantitative estimate of drug-likeness (QED) is 0.225. The Hall–Kier alpha value is -2.31. The number of rotatable bonds is 11. The van der Waals surface area contributed by atoms with Gasteiger partial charge in [0.25, 0.3) is 0 Å². The molecule has 2 aromatic carbocycles. The Bertz CT molecular complexity index is 867. The summed E-state index contributed by atoms with van der Waals surface area (Å²) in [6.45, 7) is 5.19. The molecule has 0 amide bonds. The average molecular weight is 420 g/mol. The number of hydrogen-bond acceptors (Lipinski definition) is 7. The first-order valence-electron chi connectivity index (χ1n) is 9.29. The predicted octanol–water partition coefficient (Wildman–Crippen LogP) is 4.74. The molecule has 2 aromatic rings. The molecule has 8 heteroatoms. The van der Waals surface area contributed by atoms with Crippen molar-refractivity contribution in [3.05, 3.63) is 65.2 Å². The number of para-hydroxylation sites is 1. The molecule has 0 atom stereocenters. The fourth-order valence-corrected chi connectivity index (χ4v) is 3.72. The number of ether oxygens (including phenoxy) is 1. The summed E-state index contributed by atoms with van der Waals surface area (Å²) in [5.41, 5.74) is 1.90. The summed E-state index contributed by atoms with van der Waals surface area (Å²) < 4.78 is 32.9. The summed E-state index contributed by atoms with van der Waals surface area (Å²) in [5.74, 6) is -0.397. The lowest BCUT2D eigenvalue weighted by Crippen LogP contribution is -2.09. The van der Waals surface area contributed by atoms with E-state index in [1.807, 2.05) is 0 Å². The van der Waals surface area contributed by atoms with Crippen molar-refractivity contribution in [2.75, 3.05) is 13.2 Å². The van der Waals surface area contributed by atoms with E-state index in [4.69, 9.17) is 18.3 Å². The maximum absolute atomic E-state index is 12.6. The molecule has 0 spiro atoms. The number of phosphoric ester groups is 1. The van der Waals surface area contributed by atoms with E-state index >= 15 is 0 Å². The van der Waals surface area contributed by atoms with Crippen LogP contribution in [-0.2, 0) is 36.0 Å². The molecule has 7 nitrogen and oxygen atoms in total. The van der Waals surface area contributed by atoms with Crippen LogP contribution in [0.25, 0.3) is 0 Å². The second-order valence-corrected chi connectivity index (χ2v) is 7.73. The van der Waals surface area contributed by atoms with E-state index < -0.39 is 13.8 Å². The Morgan fingerprint density at radius 3 is 2.03 bits per heavy atom. The van der Waals surface area contributed by atoms with Gasteiger partial charge in [-0.1, -0.05) is 36.4 Å². The molecule has 0 aromatic heterocycles. The molecule has 0 aliphatic heterocycles. The van der Waals surface area contributed by atoms with E-state index in [1.54, 1.807) is 62.4 Å². The Morgan fingerprint density at radius 1 is 0.862 bits per heavy atom. The lowest BCUT2D eigenvalue weighted by molar-refractivity contribution is -0.131. The molecule has 2 rings (SSSR count). The zero-order valence-corrected chi connectivity index (χ0v) is 17.6. The third-order valence-electron chi connectivity index (χ3n) is 3.79. The number of carbonyl (C=O) groups is 2. The Balaban J connectivity index is 2.01. The number of ketones is 1. The molecule has 0 heterocycles. The molecule has 29 heavy (non-hydrogen) atoms. The maximum Gasteiger partial charge on any atom is 0.475 e. The molecule has 0 unspecified atom stereocenters. The molecule has 156 valence electrons. The molecule has 0 aliphatic carbocycles. The second kappa shape index (κ2) is 11.0. The number of benzene rings is 2. The number of esters is 1. The minimum absolute atomic E-state index is 0.0563. The molecule has 0 radical (unpaired) electrons. The zero-order chi connectivity index (χ0) is 21.3. The van der Waals surface area contributed by atoms with Crippen LogP contribution in [0.5, 0.6) is 5.75 Å². The Kier molecular flexibility index (Phi) is 8.73. The predicted molar refractivity (Wildman–Crippen MR) is 108 cm³/mol. The molecular formula is C21H25O7P.